The molecule has 1 fully saturated rings. The molecule has 1 aromatic heterocycles. The van der Waals surface area contributed by atoms with E-state index in [1.54, 1.807) is 6.07 Å². The van der Waals surface area contributed by atoms with Crippen molar-refractivity contribution < 1.29 is 9.59 Å². The fourth-order valence-electron chi connectivity index (χ4n) is 3.00. The Morgan fingerprint density at radius 3 is 2.57 bits per heavy atom. The van der Waals surface area contributed by atoms with Gasteiger partial charge >= 0.3 is 0 Å². The predicted octanol–water partition coefficient (Wildman–Crippen LogP) is 2.83. The minimum Gasteiger partial charge on any atom is -0.353 e. The summed E-state index contributed by atoms with van der Waals surface area (Å²) in [6.07, 6.45) is 0. The molecular weight excluding hydrogens is 398 g/mol. The van der Waals surface area contributed by atoms with Crippen molar-refractivity contribution in [2.24, 2.45) is 5.41 Å². The fraction of sp³-hybridized carbons (Fsp3) is 0.684. The molecule has 28 heavy (non-hydrogen) atoms. The van der Waals surface area contributed by atoms with Crippen LogP contribution in [0.3, 0.4) is 0 Å². The fourth-order valence-corrected chi connectivity index (χ4v) is 3.90. The average molecular weight is 428 g/mol. The van der Waals surface area contributed by atoms with Gasteiger partial charge in [0.2, 0.25) is 11.8 Å². The van der Waals surface area contributed by atoms with Gasteiger partial charge < -0.3 is 15.1 Å². The average Bonchev–Trinajstić information content (AvgIpc) is 2.57. The molecule has 2 rings (SSSR count). The van der Waals surface area contributed by atoms with Crippen LogP contribution in [0.1, 0.15) is 41.5 Å². The predicted molar refractivity (Wildman–Crippen MR) is 114 cm³/mol. The van der Waals surface area contributed by atoms with Crippen molar-refractivity contribution in [3.05, 3.63) is 11.2 Å². The molecular formula is C19H30ClN5O2S. The van der Waals surface area contributed by atoms with E-state index in [1.165, 1.54) is 11.8 Å². The summed E-state index contributed by atoms with van der Waals surface area (Å²) in [6, 6.07) is 1.90. The molecule has 1 N–H and O–H groups in total. The number of aromatic nitrogens is 2. The third kappa shape index (κ3) is 6.24. The number of rotatable bonds is 5. The number of hydrogen-bond acceptors (Lipinski definition) is 6. The lowest BCUT2D eigenvalue weighted by atomic mass is 9.93. The lowest BCUT2D eigenvalue weighted by molar-refractivity contribution is -0.142. The van der Waals surface area contributed by atoms with Crippen LogP contribution in [0.5, 0.6) is 0 Å². The number of amides is 2. The van der Waals surface area contributed by atoms with E-state index in [0.29, 0.717) is 29.9 Å². The minimum absolute atomic E-state index is 0.0620. The first-order valence-electron chi connectivity index (χ1n) is 9.50. The topological polar surface area (TPSA) is 78.4 Å². The molecule has 0 unspecified atom stereocenters. The van der Waals surface area contributed by atoms with E-state index in [0.717, 1.165) is 5.82 Å². The quantitative estimate of drug-likeness (QED) is 0.442. The Morgan fingerprint density at radius 2 is 2.00 bits per heavy atom. The number of halogens is 1. The molecule has 0 saturated carbocycles. The van der Waals surface area contributed by atoms with Crippen molar-refractivity contribution in [2.45, 2.75) is 58.8 Å². The highest BCUT2D eigenvalue weighted by Gasteiger charge is 2.34. The van der Waals surface area contributed by atoms with Gasteiger partial charge in [-0.1, -0.05) is 44.1 Å². The van der Waals surface area contributed by atoms with Crippen LogP contribution in [0.25, 0.3) is 0 Å². The Kier molecular flexibility index (Phi) is 7.56. The number of anilines is 1. The maximum Gasteiger partial charge on any atom is 0.230 e. The number of thioether (sulfide) groups is 1. The van der Waals surface area contributed by atoms with Crippen LogP contribution in [0.4, 0.5) is 5.82 Å². The summed E-state index contributed by atoms with van der Waals surface area (Å²) >= 11 is 7.45. The molecule has 2 heterocycles. The third-order valence-electron chi connectivity index (χ3n) is 4.30. The zero-order chi connectivity index (χ0) is 21.1. The zero-order valence-corrected chi connectivity index (χ0v) is 19.0. The number of carbonyl (C=O) groups is 2. The minimum atomic E-state index is -0.394. The second kappa shape index (κ2) is 9.31. The molecule has 0 aromatic carbocycles. The first-order chi connectivity index (χ1) is 13.0. The Balaban J connectivity index is 2.05. The maximum absolute atomic E-state index is 12.6. The molecule has 1 saturated heterocycles. The van der Waals surface area contributed by atoms with E-state index < -0.39 is 5.41 Å². The summed E-state index contributed by atoms with van der Waals surface area (Å²) in [5, 5.41) is 3.66. The van der Waals surface area contributed by atoms with Crippen molar-refractivity contribution in [2.75, 3.05) is 30.3 Å². The van der Waals surface area contributed by atoms with Gasteiger partial charge in [-0.2, -0.15) is 0 Å². The van der Waals surface area contributed by atoms with Gasteiger partial charge in [0, 0.05) is 43.2 Å². The van der Waals surface area contributed by atoms with E-state index >= 15 is 0 Å². The van der Waals surface area contributed by atoms with Gasteiger partial charge in [0.15, 0.2) is 5.16 Å². The highest BCUT2D eigenvalue weighted by molar-refractivity contribution is 7.99. The van der Waals surface area contributed by atoms with Crippen LogP contribution in [0.2, 0.25) is 5.15 Å². The monoisotopic (exact) mass is 427 g/mol. The maximum atomic E-state index is 12.6. The van der Waals surface area contributed by atoms with Crippen molar-refractivity contribution in [1.82, 2.24) is 20.2 Å². The molecule has 0 bridgehead atoms. The molecule has 156 valence electrons. The standard InChI is InChI=1S/C19H30ClN5O2S/c1-12(2)21-16(26)11-28-18-22-14(20)9-15(23-18)24-7-8-25(13(3)10-24)17(27)19(4,5)6/h9,12-13H,7-8,10-11H2,1-6H3,(H,21,26)/t13-/m1/s1. The third-order valence-corrected chi connectivity index (χ3v) is 5.34. The molecule has 1 aliphatic heterocycles. The normalized spacial score (nSPS) is 17.8. The van der Waals surface area contributed by atoms with Crippen LogP contribution in [0.15, 0.2) is 11.2 Å². The Bertz CT molecular complexity index is 723. The van der Waals surface area contributed by atoms with Crippen LogP contribution < -0.4 is 10.2 Å². The second-order valence-electron chi connectivity index (χ2n) is 8.39. The van der Waals surface area contributed by atoms with Gasteiger partial charge in [-0.25, -0.2) is 9.97 Å². The number of piperazine rings is 1. The summed E-state index contributed by atoms with van der Waals surface area (Å²) in [5.41, 5.74) is -0.394. The van der Waals surface area contributed by atoms with Crippen molar-refractivity contribution >= 4 is 41.0 Å². The van der Waals surface area contributed by atoms with E-state index in [4.69, 9.17) is 11.6 Å². The molecule has 1 aromatic rings. The van der Waals surface area contributed by atoms with Crippen LogP contribution in [-0.4, -0.2) is 64.2 Å². The van der Waals surface area contributed by atoms with Crippen LogP contribution >= 0.6 is 23.4 Å². The van der Waals surface area contributed by atoms with E-state index in [-0.39, 0.29) is 29.7 Å². The molecule has 7 nitrogen and oxygen atoms in total. The SMILES string of the molecule is CC(C)NC(=O)CSc1nc(Cl)cc(N2CCN(C(=O)C(C)(C)C)[C@H](C)C2)n1. The van der Waals surface area contributed by atoms with Crippen LogP contribution in [0, 0.1) is 5.41 Å². The lowest BCUT2D eigenvalue weighted by Crippen LogP contribution is -2.56. The largest absolute Gasteiger partial charge is 0.353 e. The van der Waals surface area contributed by atoms with Gasteiger partial charge in [-0.3, -0.25) is 9.59 Å². The summed E-state index contributed by atoms with van der Waals surface area (Å²) in [7, 11) is 0. The first kappa shape index (κ1) is 22.7. The molecule has 1 aliphatic rings. The van der Waals surface area contributed by atoms with Gasteiger partial charge in [-0.05, 0) is 20.8 Å². The zero-order valence-electron chi connectivity index (χ0n) is 17.5. The van der Waals surface area contributed by atoms with E-state index in [9.17, 15) is 9.59 Å². The van der Waals surface area contributed by atoms with Crippen LogP contribution in [-0.2, 0) is 9.59 Å². The molecule has 0 radical (unpaired) electrons. The summed E-state index contributed by atoms with van der Waals surface area (Å²) in [6.45, 7) is 13.7. The van der Waals surface area contributed by atoms with Crippen molar-refractivity contribution in [1.29, 1.82) is 0 Å². The Morgan fingerprint density at radius 1 is 1.32 bits per heavy atom. The molecule has 0 spiro atoms. The van der Waals surface area contributed by atoms with Gasteiger partial charge in [0.05, 0.1) is 5.75 Å². The van der Waals surface area contributed by atoms with Gasteiger partial charge in [0.25, 0.3) is 0 Å². The summed E-state index contributed by atoms with van der Waals surface area (Å²) < 4.78 is 0. The van der Waals surface area contributed by atoms with Gasteiger partial charge in [0.1, 0.15) is 11.0 Å². The molecule has 9 heteroatoms. The Hall–Kier alpha value is -1.54. The van der Waals surface area contributed by atoms with Gasteiger partial charge in [-0.15, -0.1) is 0 Å². The highest BCUT2D eigenvalue weighted by Crippen LogP contribution is 2.26. The highest BCUT2D eigenvalue weighted by atomic mass is 35.5. The first-order valence-corrected chi connectivity index (χ1v) is 10.9. The number of nitrogens with one attached hydrogen (secondary N) is 1. The summed E-state index contributed by atoms with van der Waals surface area (Å²) in [5.74, 6) is 1.06. The smallest absolute Gasteiger partial charge is 0.230 e. The second-order valence-corrected chi connectivity index (χ2v) is 9.72. The number of nitrogens with zero attached hydrogens (tertiary/aromatic N) is 4. The molecule has 0 aliphatic carbocycles. The van der Waals surface area contributed by atoms with E-state index in [1.807, 2.05) is 46.4 Å². The molecule has 1 atom stereocenters. The van der Waals surface area contributed by atoms with E-state index in [2.05, 4.69) is 20.2 Å². The molecule has 2 amide bonds. The summed E-state index contributed by atoms with van der Waals surface area (Å²) in [4.78, 5) is 37.3. The number of hydrogen-bond donors (Lipinski definition) is 1. The van der Waals surface area contributed by atoms with Crippen molar-refractivity contribution in [3.8, 4) is 0 Å². The number of carbonyl (C=O) groups excluding carboxylic acids is 2. The lowest BCUT2D eigenvalue weighted by Gasteiger charge is -2.42. The Labute approximate surface area is 176 Å². The van der Waals surface area contributed by atoms with Crippen molar-refractivity contribution in [3.63, 3.8) is 0 Å².